The minimum atomic E-state index is -0.323. The van der Waals surface area contributed by atoms with Gasteiger partial charge in [0.2, 0.25) is 5.43 Å². The maximum atomic E-state index is 12.7. The second-order valence-corrected chi connectivity index (χ2v) is 6.90. The van der Waals surface area contributed by atoms with Crippen LogP contribution in [0.2, 0.25) is 0 Å². The predicted octanol–water partition coefficient (Wildman–Crippen LogP) is 2.11. The fourth-order valence-electron chi connectivity index (χ4n) is 3.69. The molecule has 0 radical (unpaired) electrons. The molecule has 0 fully saturated rings. The normalized spacial score (nSPS) is 12.7. The SMILES string of the molecule is Cc1nn(CCNC(=O)c2cn3c4c(cccc4c2=O)CC3)c(C)c1C. The number of benzene rings is 1. The molecule has 26 heavy (non-hydrogen) atoms. The molecule has 1 aliphatic rings. The van der Waals surface area contributed by atoms with E-state index in [9.17, 15) is 9.59 Å². The first-order valence-corrected chi connectivity index (χ1v) is 8.91. The highest BCUT2D eigenvalue weighted by atomic mass is 16.2. The van der Waals surface area contributed by atoms with Crippen molar-refractivity contribution >= 4 is 16.8 Å². The van der Waals surface area contributed by atoms with E-state index in [1.54, 1.807) is 12.3 Å². The topological polar surface area (TPSA) is 68.9 Å². The molecular formula is C20H22N4O2. The van der Waals surface area contributed by atoms with Crippen molar-refractivity contribution < 1.29 is 4.79 Å². The molecule has 0 aliphatic carbocycles. The zero-order valence-electron chi connectivity index (χ0n) is 15.3. The van der Waals surface area contributed by atoms with Crippen LogP contribution in [0.15, 0.2) is 29.2 Å². The summed E-state index contributed by atoms with van der Waals surface area (Å²) in [4.78, 5) is 25.3. The van der Waals surface area contributed by atoms with Gasteiger partial charge in [0.1, 0.15) is 5.56 Å². The molecule has 6 nitrogen and oxygen atoms in total. The van der Waals surface area contributed by atoms with E-state index in [4.69, 9.17) is 0 Å². The van der Waals surface area contributed by atoms with Crippen LogP contribution in [0, 0.1) is 20.8 Å². The predicted molar refractivity (Wildman–Crippen MR) is 101 cm³/mol. The Morgan fingerprint density at radius 2 is 2.08 bits per heavy atom. The van der Waals surface area contributed by atoms with Crippen molar-refractivity contribution in [3.8, 4) is 0 Å². The van der Waals surface area contributed by atoms with E-state index in [1.165, 1.54) is 11.1 Å². The van der Waals surface area contributed by atoms with Crippen LogP contribution >= 0.6 is 0 Å². The van der Waals surface area contributed by atoms with E-state index < -0.39 is 0 Å². The van der Waals surface area contributed by atoms with Gasteiger partial charge in [0.15, 0.2) is 0 Å². The summed E-state index contributed by atoms with van der Waals surface area (Å²) < 4.78 is 3.91. The number of aryl methyl sites for hydroxylation is 3. The zero-order chi connectivity index (χ0) is 18.4. The van der Waals surface area contributed by atoms with Gasteiger partial charge in [0.05, 0.1) is 17.8 Å². The molecule has 0 bridgehead atoms. The van der Waals surface area contributed by atoms with Crippen LogP contribution < -0.4 is 10.7 Å². The Morgan fingerprint density at radius 3 is 2.81 bits per heavy atom. The summed E-state index contributed by atoms with van der Waals surface area (Å²) in [6.07, 6.45) is 2.60. The summed E-state index contributed by atoms with van der Waals surface area (Å²) >= 11 is 0. The van der Waals surface area contributed by atoms with Crippen LogP contribution in [-0.2, 0) is 19.5 Å². The second-order valence-electron chi connectivity index (χ2n) is 6.90. The van der Waals surface area contributed by atoms with E-state index in [0.717, 1.165) is 29.9 Å². The maximum absolute atomic E-state index is 12.7. The molecule has 0 spiro atoms. The van der Waals surface area contributed by atoms with Gasteiger partial charge in [-0.25, -0.2) is 0 Å². The van der Waals surface area contributed by atoms with Gasteiger partial charge in [-0.1, -0.05) is 12.1 Å². The van der Waals surface area contributed by atoms with E-state index in [2.05, 4.69) is 10.4 Å². The zero-order valence-corrected chi connectivity index (χ0v) is 15.3. The van der Waals surface area contributed by atoms with Gasteiger partial charge in [-0.2, -0.15) is 5.10 Å². The summed E-state index contributed by atoms with van der Waals surface area (Å²) in [6, 6.07) is 5.74. The second kappa shape index (κ2) is 6.12. The summed E-state index contributed by atoms with van der Waals surface area (Å²) in [5, 5.41) is 7.96. The van der Waals surface area contributed by atoms with Crippen molar-refractivity contribution in [1.82, 2.24) is 19.7 Å². The number of pyridine rings is 1. The van der Waals surface area contributed by atoms with E-state index >= 15 is 0 Å². The van der Waals surface area contributed by atoms with Gasteiger partial charge in [-0.05, 0) is 44.4 Å². The van der Waals surface area contributed by atoms with Gasteiger partial charge in [-0.3, -0.25) is 14.3 Å². The number of rotatable bonds is 4. The van der Waals surface area contributed by atoms with E-state index in [-0.39, 0.29) is 16.9 Å². The van der Waals surface area contributed by atoms with E-state index in [1.807, 2.05) is 42.2 Å². The summed E-state index contributed by atoms with van der Waals surface area (Å²) in [6.45, 7) is 7.86. The minimum Gasteiger partial charge on any atom is -0.350 e. The average molecular weight is 350 g/mol. The fourth-order valence-corrected chi connectivity index (χ4v) is 3.69. The van der Waals surface area contributed by atoms with E-state index in [0.29, 0.717) is 18.5 Å². The van der Waals surface area contributed by atoms with Crippen LogP contribution in [0.5, 0.6) is 0 Å². The molecular weight excluding hydrogens is 328 g/mol. The molecule has 0 saturated carbocycles. The Kier molecular flexibility index (Phi) is 3.90. The van der Waals surface area contributed by atoms with Crippen LogP contribution in [0.3, 0.4) is 0 Å². The lowest BCUT2D eigenvalue weighted by atomic mass is 10.1. The number of carbonyl (C=O) groups excluding carboxylic acids is 1. The van der Waals surface area contributed by atoms with Crippen molar-refractivity contribution in [1.29, 1.82) is 0 Å². The number of amides is 1. The van der Waals surface area contributed by atoms with Gasteiger partial charge >= 0.3 is 0 Å². The molecule has 134 valence electrons. The number of nitrogens with zero attached hydrogens (tertiary/aromatic N) is 3. The number of para-hydroxylation sites is 1. The molecule has 4 rings (SSSR count). The Hall–Kier alpha value is -2.89. The maximum Gasteiger partial charge on any atom is 0.256 e. The van der Waals surface area contributed by atoms with Gasteiger partial charge in [0.25, 0.3) is 5.91 Å². The van der Waals surface area contributed by atoms with Crippen LogP contribution in [0.4, 0.5) is 0 Å². The lowest BCUT2D eigenvalue weighted by Gasteiger charge is -2.10. The number of nitrogens with one attached hydrogen (secondary N) is 1. The summed E-state index contributed by atoms with van der Waals surface area (Å²) in [5.74, 6) is -0.323. The Bertz CT molecular complexity index is 1090. The lowest BCUT2D eigenvalue weighted by Crippen LogP contribution is -2.32. The molecule has 1 aliphatic heterocycles. The smallest absolute Gasteiger partial charge is 0.256 e. The third kappa shape index (κ3) is 2.53. The highest BCUT2D eigenvalue weighted by Crippen LogP contribution is 2.23. The first-order valence-electron chi connectivity index (χ1n) is 8.91. The third-order valence-corrected chi connectivity index (χ3v) is 5.40. The quantitative estimate of drug-likeness (QED) is 0.783. The van der Waals surface area contributed by atoms with Crippen LogP contribution in [-0.4, -0.2) is 26.8 Å². The average Bonchev–Trinajstić information content (AvgIpc) is 3.15. The van der Waals surface area contributed by atoms with Crippen molar-refractivity contribution in [3.05, 3.63) is 62.7 Å². The molecule has 0 saturated heterocycles. The molecule has 0 unspecified atom stereocenters. The summed E-state index contributed by atoms with van der Waals surface area (Å²) in [7, 11) is 0. The third-order valence-electron chi connectivity index (χ3n) is 5.40. The van der Waals surface area contributed by atoms with Crippen LogP contribution in [0.1, 0.15) is 32.9 Å². The Balaban J connectivity index is 1.55. The van der Waals surface area contributed by atoms with Crippen molar-refractivity contribution in [2.75, 3.05) is 6.54 Å². The monoisotopic (exact) mass is 350 g/mol. The molecule has 6 heteroatoms. The fraction of sp³-hybridized carbons (Fsp3) is 0.350. The highest BCUT2D eigenvalue weighted by molar-refractivity contribution is 5.98. The molecule has 1 N–H and O–H groups in total. The first kappa shape index (κ1) is 16.6. The summed E-state index contributed by atoms with van der Waals surface area (Å²) in [5.41, 5.74) is 5.42. The van der Waals surface area contributed by atoms with Gasteiger partial charge in [-0.15, -0.1) is 0 Å². The number of hydrogen-bond acceptors (Lipinski definition) is 3. The van der Waals surface area contributed by atoms with Crippen molar-refractivity contribution in [3.63, 3.8) is 0 Å². The minimum absolute atomic E-state index is 0.195. The molecule has 1 amide bonds. The molecule has 0 atom stereocenters. The van der Waals surface area contributed by atoms with Crippen LogP contribution in [0.25, 0.3) is 10.9 Å². The number of carbonyl (C=O) groups is 1. The molecule has 2 aromatic heterocycles. The highest BCUT2D eigenvalue weighted by Gasteiger charge is 2.20. The molecule has 3 heterocycles. The van der Waals surface area contributed by atoms with Gasteiger partial charge in [0, 0.05) is 30.4 Å². The van der Waals surface area contributed by atoms with Crippen molar-refractivity contribution in [2.45, 2.75) is 40.3 Å². The molecule has 1 aromatic carbocycles. The Morgan fingerprint density at radius 1 is 1.27 bits per heavy atom. The Labute approximate surface area is 151 Å². The van der Waals surface area contributed by atoms with Gasteiger partial charge < -0.3 is 9.88 Å². The number of aromatic nitrogens is 3. The molecule has 3 aromatic rings. The lowest BCUT2D eigenvalue weighted by molar-refractivity contribution is 0.0950. The number of hydrogen-bond donors (Lipinski definition) is 1. The standard InChI is InChI=1S/C20H22N4O2/c1-12-13(2)22-24(14(12)3)10-8-21-20(26)17-11-23-9-7-15-5-4-6-16(18(15)23)19(17)25/h4-6,11H,7-10H2,1-3H3,(H,21,26). The van der Waals surface area contributed by atoms with Crippen molar-refractivity contribution in [2.24, 2.45) is 0 Å². The first-order chi connectivity index (χ1) is 12.5. The largest absolute Gasteiger partial charge is 0.350 e.